The van der Waals surface area contributed by atoms with Crippen LogP contribution in [0.1, 0.15) is 12.1 Å². The van der Waals surface area contributed by atoms with Crippen molar-refractivity contribution < 1.29 is 0 Å². The van der Waals surface area contributed by atoms with Crippen molar-refractivity contribution >= 4 is 15.9 Å². The lowest BCUT2D eigenvalue weighted by molar-refractivity contribution is 0.394. The molecule has 1 heterocycles. The molecule has 0 atom stereocenters. The summed E-state index contributed by atoms with van der Waals surface area (Å²) < 4.78 is 1.03. The molecule has 1 rings (SSSR count). The fourth-order valence-corrected chi connectivity index (χ4v) is 1.48. The van der Waals surface area contributed by atoms with Crippen LogP contribution in [0.5, 0.6) is 0 Å². The van der Waals surface area contributed by atoms with Gasteiger partial charge in [-0.25, -0.2) is 0 Å². The highest BCUT2D eigenvalue weighted by molar-refractivity contribution is 9.10. The highest BCUT2D eigenvalue weighted by atomic mass is 79.9. The minimum absolute atomic E-state index is 0.848. The summed E-state index contributed by atoms with van der Waals surface area (Å²) in [6, 6.07) is 4.05. The van der Waals surface area contributed by atoms with E-state index in [1.54, 1.807) is 0 Å². The molecule has 0 amide bonds. The fraction of sp³-hybridized carbons (Fsp3) is 0.545. The summed E-state index contributed by atoms with van der Waals surface area (Å²) in [4.78, 5) is 6.49. The third kappa shape index (κ3) is 5.87. The smallest absolute Gasteiger partial charge is 0.0542 e. The molecular weight excluding hydrogens is 254 g/mol. The highest BCUT2D eigenvalue weighted by Gasteiger charge is 1.94. The number of halogens is 1. The van der Waals surface area contributed by atoms with E-state index in [0.717, 1.165) is 29.8 Å². The molecule has 0 aromatic carbocycles. The van der Waals surface area contributed by atoms with Crippen LogP contribution in [-0.4, -0.2) is 37.1 Å². The Morgan fingerprint density at radius 3 is 2.80 bits per heavy atom. The molecule has 0 aliphatic rings. The topological polar surface area (TPSA) is 28.2 Å². The molecule has 84 valence electrons. The number of rotatable bonds is 6. The first-order chi connectivity index (χ1) is 7.18. The van der Waals surface area contributed by atoms with Crippen LogP contribution in [-0.2, 0) is 6.54 Å². The molecule has 0 saturated carbocycles. The third-order valence-corrected chi connectivity index (χ3v) is 2.52. The van der Waals surface area contributed by atoms with E-state index in [1.807, 2.05) is 18.3 Å². The van der Waals surface area contributed by atoms with Gasteiger partial charge in [0.1, 0.15) is 0 Å². The molecule has 0 bridgehead atoms. The number of pyridine rings is 1. The highest BCUT2D eigenvalue weighted by Crippen LogP contribution is 2.06. The van der Waals surface area contributed by atoms with Gasteiger partial charge >= 0.3 is 0 Å². The van der Waals surface area contributed by atoms with Gasteiger partial charge in [-0.3, -0.25) is 4.98 Å². The monoisotopic (exact) mass is 271 g/mol. The zero-order valence-corrected chi connectivity index (χ0v) is 10.9. The lowest BCUT2D eigenvalue weighted by Gasteiger charge is -2.09. The Labute approximate surface area is 100 Å². The minimum atomic E-state index is 0.848. The van der Waals surface area contributed by atoms with Gasteiger partial charge in [0.25, 0.3) is 0 Å². The van der Waals surface area contributed by atoms with Crippen LogP contribution in [0.4, 0.5) is 0 Å². The molecule has 0 aliphatic carbocycles. The second-order valence-electron chi connectivity index (χ2n) is 3.80. The van der Waals surface area contributed by atoms with Crippen molar-refractivity contribution in [2.75, 3.05) is 27.2 Å². The average molecular weight is 272 g/mol. The average Bonchev–Trinajstić information content (AvgIpc) is 2.20. The van der Waals surface area contributed by atoms with E-state index < -0.39 is 0 Å². The molecule has 4 heteroatoms. The van der Waals surface area contributed by atoms with Crippen molar-refractivity contribution in [1.29, 1.82) is 0 Å². The first-order valence-corrected chi connectivity index (χ1v) is 5.93. The van der Waals surface area contributed by atoms with Crippen molar-refractivity contribution in [3.8, 4) is 0 Å². The number of hydrogen-bond acceptors (Lipinski definition) is 3. The molecule has 1 N–H and O–H groups in total. The van der Waals surface area contributed by atoms with Gasteiger partial charge in [-0.15, -0.1) is 0 Å². The Morgan fingerprint density at radius 2 is 2.20 bits per heavy atom. The van der Waals surface area contributed by atoms with E-state index in [0.29, 0.717) is 0 Å². The van der Waals surface area contributed by atoms with Gasteiger partial charge in [0.05, 0.1) is 5.69 Å². The molecule has 0 fully saturated rings. The molecule has 0 unspecified atom stereocenters. The lowest BCUT2D eigenvalue weighted by atomic mass is 10.3. The summed E-state index contributed by atoms with van der Waals surface area (Å²) in [7, 11) is 4.19. The number of hydrogen-bond donors (Lipinski definition) is 1. The van der Waals surface area contributed by atoms with E-state index in [1.165, 1.54) is 6.42 Å². The van der Waals surface area contributed by atoms with Crippen LogP contribution in [0.3, 0.4) is 0 Å². The van der Waals surface area contributed by atoms with Gasteiger partial charge in [0, 0.05) is 17.2 Å². The van der Waals surface area contributed by atoms with E-state index in [-0.39, 0.29) is 0 Å². The van der Waals surface area contributed by atoms with Crippen LogP contribution in [0.2, 0.25) is 0 Å². The first kappa shape index (κ1) is 12.6. The predicted octanol–water partition coefficient (Wildman–Crippen LogP) is 1.89. The summed E-state index contributed by atoms with van der Waals surface area (Å²) >= 11 is 3.37. The summed E-state index contributed by atoms with van der Waals surface area (Å²) in [5.41, 5.74) is 1.09. The van der Waals surface area contributed by atoms with E-state index in [4.69, 9.17) is 0 Å². The Balaban J connectivity index is 2.12. The Hall–Kier alpha value is -0.450. The molecule has 0 radical (unpaired) electrons. The zero-order chi connectivity index (χ0) is 11.1. The Bertz CT molecular complexity index is 272. The second-order valence-corrected chi connectivity index (χ2v) is 4.72. The summed E-state index contributed by atoms with van der Waals surface area (Å²) in [5.74, 6) is 0. The maximum absolute atomic E-state index is 4.29. The molecular formula is C11H18BrN3. The molecule has 1 aromatic rings. The third-order valence-electron chi connectivity index (χ3n) is 2.05. The van der Waals surface area contributed by atoms with Crippen molar-refractivity contribution in [2.24, 2.45) is 0 Å². The zero-order valence-electron chi connectivity index (χ0n) is 9.33. The quantitative estimate of drug-likeness (QED) is 0.801. The maximum Gasteiger partial charge on any atom is 0.0542 e. The maximum atomic E-state index is 4.29. The van der Waals surface area contributed by atoms with E-state index in [9.17, 15) is 0 Å². The van der Waals surface area contributed by atoms with E-state index in [2.05, 4.69) is 45.2 Å². The van der Waals surface area contributed by atoms with Crippen LogP contribution < -0.4 is 5.32 Å². The minimum Gasteiger partial charge on any atom is -0.311 e. The van der Waals surface area contributed by atoms with Crippen molar-refractivity contribution in [3.63, 3.8) is 0 Å². The lowest BCUT2D eigenvalue weighted by Crippen LogP contribution is -2.21. The van der Waals surface area contributed by atoms with Crippen LogP contribution in [0.15, 0.2) is 22.8 Å². The number of nitrogens with zero attached hydrogens (tertiary/aromatic N) is 2. The largest absolute Gasteiger partial charge is 0.311 e. The van der Waals surface area contributed by atoms with Gasteiger partial charge < -0.3 is 10.2 Å². The Kier molecular flexibility index (Phi) is 5.83. The molecule has 3 nitrogen and oxygen atoms in total. The van der Waals surface area contributed by atoms with Crippen LogP contribution >= 0.6 is 15.9 Å². The van der Waals surface area contributed by atoms with Gasteiger partial charge in [0.2, 0.25) is 0 Å². The van der Waals surface area contributed by atoms with Gasteiger partial charge in [-0.05, 0) is 61.7 Å². The molecule has 15 heavy (non-hydrogen) atoms. The molecule has 1 aromatic heterocycles. The second kappa shape index (κ2) is 6.93. The van der Waals surface area contributed by atoms with Crippen LogP contribution in [0, 0.1) is 0 Å². The van der Waals surface area contributed by atoms with Crippen molar-refractivity contribution in [3.05, 3.63) is 28.5 Å². The standard InChI is InChI=1S/C11H18BrN3/c1-15(2)7-3-6-13-9-11-5-4-10(12)8-14-11/h4-5,8,13H,3,6-7,9H2,1-2H3. The van der Waals surface area contributed by atoms with Gasteiger partial charge in [-0.1, -0.05) is 0 Å². The molecule has 0 aliphatic heterocycles. The van der Waals surface area contributed by atoms with Crippen molar-refractivity contribution in [2.45, 2.75) is 13.0 Å². The molecule has 0 saturated heterocycles. The van der Waals surface area contributed by atoms with Crippen LogP contribution in [0.25, 0.3) is 0 Å². The van der Waals surface area contributed by atoms with E-state index >= 15 is 0 Å². The summed E-state index contributed by atoms with van der Waals surface area (Å²) in [6.45, 7) is 3.01. The van der Waals surface area contributed by atoms with Crippen molar-refractivity contribution in [1.82, 2.24) is 15.2 Å². The Morgan fingerprint density at radius 1 is 1.40 bits per heavy atom. The first-order valence-electron chi connectivity index (χ1n) is 5.14. The number of nitrogens with one attached hydrogen (secondary N) is 1. The van der Waals surface area contributed by atoms with Gasteiger partial charge in [-0.2, -0.15) is 0 Å². The normalized spacial score (nSPS) is 10.9. The molecule has 0 spiro atoms. The predicted molar refractivity (Wildman–Crippen MR) is 66.8 cm³/mol. The number of aromatic nitrogens is 1. The SMILES string of the molecule is CN(C)CCCNCc1ccc(Br)cn1. The summed E-state index contributed by atoms with van der Waals surface area (Å²) in [5, 5.41) is 3.37. The fourth-order valence-electron chi connectivity index (χ4n) is 1.25. The van der Waals surface area contributed by atoms with Gasteiger partial charge in [0.15, 0.2) is 0 Å². The summed E-state index contributed by atoms with van der Waals surface area (Å²) in [6.07, 6.45) is 3.00.